The number of carbonyl (C=O) groups is 3. The summed E-state index contributed by atoms with van der Waals surface area (Å²) in [4.78, 5) is 35.3. The number of carbonyl (C=O) groups excluding carboxylic acids is 3. The largest absolute Gasteiger partial charge is 0.355 e. The molecule has 3 amide bonds. The molecule has 0 aromatic heterocycles. The molecular weight excluding hydrogens is 310 g/mol. The summed E-state index contributed by atoms with van der Waals surface area (Å²) in [5.74, 6) is -0.748. The highest BCUT2D eigenvalue weighted by atomic mass is 16.2. The Bertz CT molecular complexity index is 399. The van der Waals surface area contributed by atoms with Gasteiger partial charge in [0.05, 0.1) is 12.1 Å². The third-order valence-corrected chi connectivity index (χ3v) is 3.51. The molecule has 0 aliphatic heterocycles. The van der Waals surface area contributed by atoms with E-state index in [1.807, 2.05) is 6.92 Å². The van der Waals surface area contributed by atoms with E-state index in [9.17, 15) is 14.4 Å². The minimum absolute atomic E-state index is 0.197. The molecule has 3 unspecified atom stereocenters. The summed E-state index contributed by atoms with van der Waals surface area (Å²) in [6, 6.07) is -1.81. The SMILES string of the molecule is CCCCNC(=O)C(CCCCNC(=O)C(C)N)NC(=O)C(C)N. The van der Waals surface area contributed by atoms with Crippen molar-refractivity contribution in [2.75, 3.05) is 13.1 Å². The zero-order valence-corrected chi connectivity index (χ0v) is 15.1. The zero-order valence-electron chi connectivity index (χ0n) is 15.1. The van der Waals surface area contributed by atoms with Crippen LogP contribution >= 0.6 is 0 Å². The predicted molar refractivity (Wildman–Crippen MR) is 94.0 cm³/mol. The smallest absolute Gasteiger partial charge is 0.242 e. The van der Waals surface area contributed by atoms with Crippen LogP contribution in [0.1, 0.15) is 52.9 Å². The number of nitrogens with one attached hydrogen (secondary N) is 3. The third kappa shape index (κ3) is 10.2. The van der Waals surface area contributed by atoms with E-state index in [0.29, 0.717) is 32.4 Å². The lowest BCUT2D eigenvalue weighted by molar-refractivity contribution is -0.129. The molecule has 0 aliphatic carbocycles. The molecule has 0 fully saturated rings. The lowest BCUT2D eigenvalue weighted by Gasteiger charge is -2.19. The van der Waals surface area contributed by atoms with E-state index < -0.39 is 18.1 Å². The van der Waals surface area contributed by atoms with Gasteiger partial charge in [-0.05, 0) is 39.5 Å². The van der Waals surface area contributed by atoms with Crippen LogP contribution in [-0.4, -0.2) is 48.9 Å². The maximum Gasteiger partial charge on any atom is 0.242 e. The number of hydrogen-bond donors (Lipinski definition) is 5. The van der Waals surface area contributed by atoms with Gasteiger partial charge >= 0.3 is 0 Å². The summed E-state index contributed by atoms with van der Waals surface area (Å²) in [6.07, 6.45) is 3.75. The van der Waals surface area contributed by atoms with Crippen molar-refractivity contribution in [1.82, 2.24) is 16.0 Å². The van der Waals surface area contributed by atoms with Crippen LogP contribution in [0.15, 0.2) is 0 Å². The fourth-order valence-corrected chi connectivity index (χ4v) is 1.93. The number of hydrogen-bond acceptors (Lipinski definition) is 5. The monoisotopic (exact) mass is 343 g/mol. The normalized spacial score (nSPS) is 14.4. The highest BCUT2D eigenvalue weighted by Crippen LogP contribution is 2.02. The second-order valence-corrected chi connectivity index (χ2v) is 6.07. The van der Waals surface area contributed by atoms with Gasteiger partial charge in [0.15, 0.2) is 0 Å². The second kappa shape index (κ2) is 12.7. The quantitative estimate of drug-likeness (QED) is 0.300. The van der Waals surface area contributed by atoms with E-state index in [1.54, 1.807) is 13.8 Å². The minimum atomic E-state index is -0.665. The summed E-state index contributed by atoms with van der Waals surface area (Å²) in [5.41, 5.74) is 11.0. The van der Waals surface area contributed by atoms with E-state index >= 15 is 0 Å². The lowest BCUT2D eigenvalue weighted by Crippen LogP contribution is -2.51. The van der Waals surface area contributed by atoms with Crippen molar-refractivity contribution in [2.24, 2.45) is 11.5 Å². The van der Waals surface area contributed by atoms with Gasteiger partial charge in [-0.25, -0.2) is 0 Å². The molecule has 0 radical (unpaired) electrons. The Balaban J connectivity index is 4.30. The molecule has 140 valence electrons. The van der Waals surface area contributed by atoms with Gasteiger partial charge in [0.2, 0.25) is 17.7 Å². The van der Waals surface area contributed by atoms with Crippen LogP contribution in [0.25, 0.3) is 0 Å². The average Bonchev–Trinajstić information content (AvgIpc) is 2.52. The molecule has 0 aromatic carbocycles. The molecule has 0 aromatic rings. The molecule has 3 atom stereocenters. The first-order valence-corrected chi connectivity index (χ1v) is 8.66. The topological polar surface area (TPSA) is 139 Å². The number of nitrogens with two attached hydrogens (primary N) is 2. The molecule has 0 bridgehead atoms. The van der Waals surface area contributed by atoms with Crippen LogP contribution in [0, 0.1) is 0 Å². The molecule has 0 aliphatic rings. The van der Waals surface area contributed by atoms with Gasteiger partial charge in [0, 0.05) is 13.1 Å². The van der Waals surface area contributed by atoms with Gasteiger partial charge in [-0.1, -0.05) is 13.3 Å². The Morgan fingerprint density at radius 2 is 1.38 bits per heavy atom. The van der Waals surface area contributed by atoms with Crippen LogP contribution in [-0.2, 0) is 14.4 Å². The van der Waals surface area contributed by atoms with Gasteiger partial charge in [-0.2, -0.15) is 0 Å². The Kier molecular flexibility index (Phi) is 11.8. The molecule has 0 heterocycles. The molecule has 7 N–H and O–H groups in total. The van der Waals surface area contributed by atoms with E-state index in [0.717, 1.165) is 12.8 Å². The fraction of sp³-hybridized carbons (Fsp3) is 0.812. The van der Waals surface area contributed by atoms with Crippen molar-refractivity contribution in [3.63, 3.8) is 0 Å². The number of amides is 3. The maximum absolute atomic E-state index is 12.2. The molecule has 0 saturated heterocycles. The second-order valence-electron chi connectivity index (χ2n) is 6.07. The van der Waals surface area contributed by atoms with Crippen molar-refractivity contribution in [3.8, 4) is 0 Å². The van der Waals surface area contributed by atoms with Crippen LogP contribution in [0.4, 0.5) is 0 Å². The summed E-state index contributed by atoms with van der Waals surface area (Å²) in [6.45, 7) is 6.31. The van der Waals surface area contributed by atoms with Crippen molar-refractivity contribution < 1.29 is 14.4 Å². The van der Waals surface area contributed by atoms with Gasteiger partial charge in [-0.3, -0.25) is 14.4 Å². The first kappa shape index (κ1) is 22.3. The van der Waals surface area contributed by atoms with Crippen molar-refractivity contribution in [2.45, 2.75) is 71.0 Å². The van der Waals surface area contributed by atoms with Crippen LogP contribution in [0.5, 0.6) is 0 Å². The van der Waals surface area contributed by atoms with Gasteiger partial charge in [-0.15, -0.1) is 0 Å². The van der Waals surface area contributed by atoms with Gasteiger partial charge in [0.1, 0.15) is 6.04 Å². The molecule has 8 heteroatoms. The maximum atomic E-state index is 12.2. The minimum Gasteiger partial charge on any atom is -0.355 e. The molecule has 8 nitrogen and oxygen atoms in total. The Morgan fingerprint density at radius 1 is 0.833 bits per heavy atom. The predicted octanol–water partition coefficient (Wildman–Crippen LogP) is -0.632. The Labute approximate surface area is 144 Å². The van der Waals surface area contributed by atoms with E-state index in [4.69, 9.17) is 11.5 Å². The summed E-state index contributed by atoms with van der Waals surface area (Å²) in [5, 5.41) is 8.21. The lowest BCUT2D eigenvalue weighted by atomic mass is 10.1. The molecule has 0 spiro atoms. The molecule has 0 saturated carbocycles. The van der Waals surface area contributed by atoms with E-state index in [1.165, 1.54) is 0 Å². The summed E-state index contributed by atoms with van der Waals surface area (Å²) >= 11 is 0. The van der Waals surface area contributed by atoms with Gasteiger partial charge < -0.3 is 27.4 Å². The Morgan fingerprint density at radius 3 is 1.92 bits per heavy atom. The Hall–Kier alpha value is -1.67. The molecule has 0 rings (SSSR count). The average molecular weight is 343 g/mol. The third-order valence-electron chi connectivity index (χ3n) is 3.51. The first-order valence-electron chi connectivity index (χ1n) is 8.66. The fourth-order valence-electron chi connectivity index (χ4n) is 1.93. The molecular formula is C16H33N5O3. The van der Waals surface area contributed by atoms with Crippen LogP contribution in [0.2, 0.25) is 0 Å². The highest BCUT2D eigenvalue weighted by Gasteiger charge is 2.21. The van der Waals surface area contributed by atoms with E-state index in [-0.39, 0.29) is 17.7 Å². The van der Waals surface area contributed by atoms with Crippen LogP contribution in [0.3, 0.4) is 0 Å². The number of unbranched alkanes of at least 4 members (excludes halogenated alkanes) is 2. The van der Waals surface area contributed by atoms with Crippen molar-refractivity contribution in [1.29, 1.82) is 0 Å². The summed E-state index contributed by atoms with van der Waals surface area (Å²) in [7, 11) is 0. The zero-order chi connectivity index (χ0) is 18.5. The summed E-state index contributed by atoms with van der Waals surface area (Å²) < 4.78 is 0. The number of rotatable bonds is 12. The standard InChI is InChI=1S/C16H33N5O3/c1-4-5-9-20-16(24)13(21-15(23)12(3)18)8-6-7-10-19-14(22)11(2)17/h11-13H,4-10,17-18H2,1-3H3,(H,19,22)(H,20,24)(H,21,23). The van der Waals surface area contributed by atoms with Crippen molar-refractivity contribution >= 4 is 17.7 Å². The first-order chi connectivity index (χ1) is 11.3. The van der Waals surface area contributed by atoms with E-state index in [2.05, 4.69) is 16.0 Å². The van der Waals surface area contributed by atoms with Gasteiger partial charge in [0.25, 0.3) is 0 Å². The van der Waals surface area contributed by atoms with Crippen LogP contribution < -0.4 is 27.4 Å². The molecule has 24 heavy (non-hydrogen) atoms. The highest BCUT2D eigenvalue weighted by molar-refractivity contribution is 5.89. The van der Waals surface area contributed by atoms with Crippen molar-refractivity contribution in [3.05, 3.63) is 0 Å².